The van der Waals surface area contributed by atoms with E-state index in [9.17, 15) is 9.90 Å². The van der Waals surface area contributed by atoms with Crippen LogP contribution < -0.4 is 0 Å². The van der Waals surface area contributed by atoms with Gasteiger partial charge >= 0.3 is 0 Å². The van der Waals surface area contributed by atoms with Gasteiger partial charge < -0.3 is 9.84 Å². The second kappa shape index (κ2) is 5.19. The van der Waals surface area contributed by atoms with Crippen molar-refractivity contribution < 1.29 is 14.6 Å². The first kappa shape index (κ1) is 9.58. The standard InChI is InChI=1S/C10H12O3/c11-8-13-7-3-5-9-4-1-2-6-10(9)12/h1-2,4,6,8,12H,3,5,7H2. The smallest absolute Gasteiger partial charge is 0.293 e. The van der Waals surface area contributed by atoms with Gasteiger partial charge in [-0.15, -0.1) is 0 Å². The molecule has 13 heavy (non-hydrogen) atoms. The summed E-state index contributed by atoms with van der Waals surface area (Å²) in [5.74, 6) is 0.300. The maximum Gasteiger partial charge on any atom is 0.293 e. The average Bonchev–Trinajstić information content (AvgIpc) is 2.15. The van der Waals surface area contributed by atoms with E-state index in [0.717, 1.165) is 18.4 Å². The van der Waals surface area contributed by atoms with Gasteiger partial charge in [0.05, 0.1) is 6.61 Å². The zero-order valence-corrected chi connectivity index (χ0v) is 7.27. The molecule has 0 aromatic heterocycles. The summed E-state index contributed by atoms with van der Waals surface area (Å²) in [5.41, 5.74) is 0.886. The van der Waals surface area contributed by atoms with E-state index < -0.39 is 0 Å². The predicted molar refractivity (Wildman–Crippen MR) is 48.4 cm³/mol. The molecule has 0 heterocycles. The lowest BCUT2D eigenvalue weighted by atomic mass is 10.1. The molecule has 0 atom stereocenters. The van der Waals surface area contributed by atoms with E-state index in [-0.39, 0.29) is 0 Å². The normalized spacial score (nSPS) is 9.54. The lowest BCUT2D eigenvalue weighted by Gasteiger charge is -2.02. The van der Waals surface area contributed by atoms with Crippen molar-refractivity contribution in [3.8, 4) is 5.75 Å². The fourth-order valence-corrected chi connectivity index (χ4v) is 1.12. The molecule has 0 unspecified atom stereocenters. The number of benzene rings is 1. The molecule has 70 valence electrons. The summed E-state index contributed by atoms with van der Waals surface area (Å²) in [6.07, 6.45) is 1.46. The summed E-state index contributed by atoms with van der Waals surface area (Å²) in [5, 5.41) is 9.36. The molecule has 0 aliphatic heterocycles. The maximum atomic E-state index is 9.81. The first-order valence-electron chi connectivity index (χ1n) is 4.16. The molecule has 0 aliphatic rings. The summed E-state index contributed by atoms with van der Waals surface area (Å²) in [7, 11) is 0. The summed E-state index contributed by atoms with van der Waals surface area (Å²) < 4.78 is 4.53. The lowest BCUT2D eigenvalue weighted by Crippen LogP contribution is -1.94. The fourth-order valence-electron chi connectivity index (χ4n) is 1.12. The molecule has 0 aliphatic carbocycles. The largest absolute Gasteiger partial charge is 0.508 e. The van der Waals surface area contributed by atoms with Crippen LogP contribution in [0.2, 0.25) is 0 Å². The van der Waals surface area contributed by atoms with Gasteiger partial charge in [0, 0.05) is 0 Å². The third-order valence-electron chi connectivity index (χ3n) is 1.77. The first-order chi connectivity index (χ1) is 6.34. The number of hydrogen-bond donors (Lipinski definition) is 1. The highest BCUT2D eigenvalue weighted by molar-refractivity contribution is 5.37. The summed E-state index contributed by atoms with van der Waals surface area (Å²) in [4.78, 5) is 9.81. The van der Waals surface area contributed by atoms with Gasteiger partial charge in [0.1, 0.15) is 5.75 Å². The predicted octanol–water partition coefficient (Wildman–Crippen LogP) is 1.50. The quantitative estimate of drug-likeness (QED) is 0.551. The van der Waals surface area contributed by atoms with Crippen molar-refractivity contribution in [1.82, 2.24) is 0 Å². The molecular weight excluding hydrogens is 168 g/mol. The number of carbonyl (C=O) groups excluding carboxylic acids is 1. The molecule has 0 bridgehead atoms. The van der Waals surface area contributed by atoms with Crippen LogP contribution in [0.5, 0.6) is 5.75 Å². The SMILES string of the molecule is O=COCCCc1ccccc1O. The minimum atomic E-state index is 0.300. The Labute approximate surface area is 77.0 Å². The topological polar surface area (TPSA) is 46.5 Å². The van der Waals surface area contributed by atoms with Crippen molar-refractivity contribution in [2.45, 2.75) is 12.8 Å². The van der Waals surface area contributed by atoms with Crippen molar-refractivity contribution in [2.24, 2.45) is 0 Å². The average molecular weight is 180 g/mol. The van der Waals surface area contributed by atoms with Gasteiger partial charge in [0.25, 0.3) is 6.47 Å². The fraction of sp³-hybridized carbons (Fsp3) is 0.300. The molecular formula is C10H12O3. The summed E-state index contributed by atoms with van der Waals surface area (Å²) >= 11 is 0. The molecule has 3 heteroatoms. The van der Waals surface area contributed by atoms with Crippen LogP contribution in [0, 0.1) is 0 Å². The number of rotatable bonds is 5. The number of hydrogen-bond acceptors (Lipinski definition) is 3. The molecule has 0 fully saturated rings. The molecule has 1 aromatic rings. The maximum absolute atomic E-state index is 9.81. The molecule has 1 aromatic carbocycles. The van der Waals surface area contributed by atoms with Gasteiger partial charge in [-0.3, -0.25) is 4.79 Å². The number of phenols is 1. The van der Waals surface area contributed by atoms with E-state index >= 15 is 0 Å². The minimum Gasteiger partial charge on any atom is -0.508 e. The highest BCUT2D eigenvalue weighted by Crippen LogP contribution is 2.16. The number of aromatic hydroxyl groups is 1. The van der Waals surface area contributed by atoms with Crippen LogP contribution in [0.25, 0.3) is 0 Å². The van der Waals surface area contributed by atoms with Crippen LogP contribution in [-0.4, -0.2) is 18.2 Å². The van der Waals surface area contributed by atoms with E-state index in [2.05, 4.69) is 4.74 Å². The highest BCUT2D eigenvalue weighted by Gasteiger charge is 1.98. The van der Waals surface area contributed by atoms with Crippen LogP contribution in [0.15, 0.2) is 24.3 Å². The van der Waals surface area contributed by atoms with Crippen molar-refractivity contribution in [3.63, 3.8) is 0 Å². The molecule has 3 nitrogen and oxygen atoms in total. The summed E-state index contributed by atoms with van der Waals surface area (Å²) in [6.45, 7) is 0.836. The van der Waals surface area contributed by atoms with Crippen molar-refractivity contribution in [2.75, 3.05) is 6.61 Å². The Balaban J connectivity index is 2.36. The van der Waals surface area contributed by atoms with Crippen molar-refractivity contribution >= 4 is 6.47 Å². The second-order valence-electron chi connectivity index (χ2n) is 2.70. The lowest BCUT2D eigenvalue weighted by molar-refractivity contribution is -0.128. The minimum absolute atomic E-state index is 0.300. The van der Waals surface area contributed by atoms with E-state index in [1.165, 1.54) is 0 Å². The highest BCUT2D eigenvalue weighted by atomic mass is 16.5. The molecule has 0 radical (unpaired) electrons. The van der Waals surface area contributed by atoms with E-state index in [0.29, 0.717) is 18.8 Å². The molecule has 1 N–H and O–H groups in total. The van der Waals surface area contributed by atoms with Gasteiger partial charge in [-0.05, 0) is 24.5 Å². The Bertz CT molecular complexity index is 271. The summed E-state index contributed by atoms with van der Waals surface area (Å²) in [6, 6.07) is 7.16. The van der Waals surface area contributed by atoms with Crippen LogP contribution in [-0.2, 0) is 16.0 Å². The van der Waals surface area contributed by atoms with Crippen LogP contribution in [0.1, 0.15) is 12.0 Å². The second-order valence-corrected chi connectivity index (χ2v) is 2.70. The van der Waals surface area contributed by atoms with Gasteiger partial charge in [-0.25, -0.2) is 0 Å². The number of para-hydroxylation sites is 1. The molecule has 1 rings (SSSR count). The third-order valence-corrected chi connectivity index (χ3v) is 1.77. The van der Waals surface area contributed by atoms with E-state index in [1.54, 1.807) is 12.1 Å². The van der Waals surface area contributed by atoms with Crippen LogP contribution >= 0.6 is 0 Å². The zero-order chi connectivity index (χ0) is 9.52. The Morgan fingerprint density at radius 3 is 2.85 bits per heavy atom. The number of aryl methyl sites for hydroxylation is 1. The molecule has 0 saturated heterocycles. The van der Waals surface area contributed by atoms with Crippen molar-refractivity contribution in [3.05, 3.63) is 29.8 Å². The third kappa shape index (κ3) is 3.15. The van der Waals surface area contributed by atoms with Gasteiger partial charge in [-0.2, -0.15) is 0 Å². The van der Waals surface area contributed by atoms with E-state index in [4.69, 9.17) is 0 Å². The number of phenolic OH excluding ortho intramolecular Hbond substituents is 1. The Morgan fingerprint density at radius 2 is 2.15 bits per heavy atom. The van der Waals surface area contributed by atoms with Crippen molar-refractivity contribution in [1.29, 1.82) is 0 Å². The Morgan fingerprint density at radius 1 is 1.38 bits per heavy atom. The zero-order valence-electron chi connectivity index (χ0n) is 7.27. The van der Waals surface area contributed by atoms with Gasteiger partial charge in [0.15, 0.2) is 0 Å². The number of ether oxygens (including phenoxy) is 1. The molecule has 0 saturated carbocycles. The monoisotopic (exact) mass is 180 g/mol. The number of carbonyl (C=O) groups is 1. The Hall–Kier alpha value is -1.51. The van der Waals surface area contributed by atoms with Crippen LogP contribution in [0.3, 0.4) is 0 Å². The first-order valence-corrected chi connectivity index (χ1v) is 4.16. The van der Waals surface area contributed by atoms with E-state index in [1.807, 2.05) is 12.1 Å². The van der Waals surface area contributed by atoms with Gasteiger partial charge in [-0.1, -0.05) is 18.2 Å². The molecule has 0 spiro atoms. The Kier molecular flexibility index (Phi) is 3.82. The van der Waals surface area contributed by atoms with Gasteiger partial charge in [0.2, 0.25) is 0 Å². The molecule has 0 amide bonds. The van der Waals surface area contributed by atoms with Crippen LogP contribution in [0.4, 0.5) is 0 Å².